The largest absolute Gasteiger partial charge is 0.358 e. The average molecular weight is 460 g/mol. The van der Waals surface area contributed by atoms with Crippen LogP contribution < -0.4 is 0 Å². The number of carbonyl (C=O) groups excluding carboxylic acids is 1. The zero-order valence-corrected chi connectivity index (χ0v) is 18.2. The number of fused-ring (bicyclic) bond motifs is 3. The van der Waals surface area contributed by atoms with Gasteiger partial charge in [0.15, 0.2) is 11.6 Å². The van der Waals surface area contributed by atoms with E-state index in [0.717, 1.165) is 48.7 Å². The summed E-state index contributed by atoms with van der Waals surface area (Å²) >= 11 is 0. The fourth-order valence-corrected chi connectivity index (χ4v) is 6.13. The van der Waals surface area contributed by atoms with Gasteiger partial charge in [-0.05, 0) is 55.5 Å². The summed E-state index contributed by atoms with van der Waals surface area (Å²) in [7, 11) is -3.97. The Morgan fingerprint density at radius 1 is 0.938 bits per heavy atom. The molecule has 2 aromatic carbocycles. The maximum Gasteiger partial charge on any atom is 0.256 e. The minimum Gasteiger partial charge on any atom is -0.358 e. The first-order chi connectivity index (χ1) is 15.4. The summed E-state index contributed by atoms with van der Waals surface area (Å²) in [6.45, 7) is 0.617. The first-order valence-corrected chi connectivity index (χ1v) is 12.2. The van der Waals surface area contributed by atoms with E-state index >= 15 is 0 Å². The highest BCUT2D eigenvalue weighted by Gasteiger charge is 2.32. The molecule has 1 N–H and O–H groups in total. The lowest BCUT2D eigenvalue weighted by atomic mass is 9.95. The number of hydrogen-bond donors (Lipinski definition) is 1. The van der Waals surface area contributed by atoms with Gasteiger partial charge in [0, 0.05) is 37.3 Å². The summed E-state index contributed by atoms with van der Waals surface area (Å²) in [6.07, 6.45) is 4.27. The van der Waals surface area contributed by atoms with Crippen LogP contribution in [0.2, 0.25) is 0 Å². The van der Waals surface area contributed by atoms with Gasteiger partial charge in [0.25, 0.3) is 5.91 Å². The highest BCUT2D eigenvalue weighted by atomic mass is 32.2. The van der Waals surface area contributed by atoms with E-state index in [1.165, 1.54) is 15.6 Å². The van der Waals surface area contributed by atoms with Crippen LogP contribution in [0.1, 0.15) is 34.5 Å². The smallest absolute Gasteiger partial charge is 0.256 e. The zero-order chi connectivity index (χ0) is 22.5. The van der Waals surface area contributed by atoms with E-state index in [0.29, 0.717) is 11.6 Å². The minimum absolute atomic E-state index is 0.0876. The minimum atomic E-state index is -3.97. The fraction of sp³-hybridized carbons (Fsp3) is 0.348. The van der Waals surface area contributed by atoms with Crippen molar-refractivity contribution in [3.63, 3.8) is 0 Å². The molecule has 0 radical (unpaired) electrons. The average Bonchev–Trinajstić information content (AvgIpc) is 3.19. The van der Waals surface area contributed by atoms with Gasteiger partial charge in [-0.2, -0.15) is 4.31 Å². The van der Waals surface area contributed by atoms with Gasteiger partial charge in [0.1, 0.15) is 0 Å². The van der Waals surface area contributed by atoms with Gasteiger partial charge in [-0.1, -0.05) is 12.1 Å². The van der Waals surface area contributed by atoms with Crippen molar-refractivity contribution >= 4 is 26.8 Å². The third-order valence-corrected chi connectivity index (χ3v) is 8.31. The zero-order valence-electron chi connectivity index (χ0n) is 17.4. The lowest BCUT2D eigenvalue weighted by Gasteiger charge is -2.34. The first kappa shape index (κ1) is 21.1. The molecular formula is C23H23F2N3O3S. The number of H-pyrrole nitrogens is 1. The SMILES string of the molecule is O=C(c1cccc2c3c([nH]c12)CCCC3)N1CCN(S(=O)(=O)c2ccc(F)c(F)c2)CC1. The molecule has 1 saturated heterocycles. The van der Waals surface area contributed by atoms with Crippen LogP contribution in [0.15, 0.2) is 41.3 Å². The summed E-state index contributed by atoms with van der Waals surface area (Å²) in [5, 5.41) is 1.09. The molecule has 32 heavy (non-hydrogen) atoms. The standard InChI is InChI=1S/C23H23F2N3O3S/c24-19-9-8-15(14-20(19)25)32(30,31)28-12-10-27(11-13-28)23(29)18-6-3-5-17-16-4-1-2-7-21(16)26-22(17)18/h3,5-6,8-9,14,26H,1-2,4,7,10-13H2. The van der Waals surface area contributed by atoms with Gasteiger partial charge in [-0.25, -0.2) is 17.2 Å². The lowest BCUT2D eigenvalue weighted by molar-refractivity contribution is 0.0699. The number of benzene rings is 2. The number of carbonyl (C=O) groups is 1. The Morgan fingerprint density at radius 2 is 1.69 bits per heavy atom. The van der Waals surface area contributed by atoms with Crippen LogP contribution in [0.25, 0.3) is 10.9 Å². The van der Waals surface area contributed by atoms with Crippen molar-refractivity contribution in [1.82, 2.24) is 14.2 Å². The summed E-state index contributed by atoms with van der Waals surface area (Å²) in [5.74, 6) is -2.44. The van der Waals surface area contributed by atoms with Crippen molar-refractivity contribution in [2.75, 3.05) is 26.2 Å². The molecule has 6 nitrogen and oxygen atoms in total. The molecule has 0 spiro atoms. The molecule has 9 heteroatoms. The van der Waals surface area contributed by atoms with Gasteiger partial charge in [0.2, 0.25) is 10.0 Å². The van der Waals surface area contributed by atoms with Crippen molar-refractivity contribution in [2.45, 2.75) is 30.6 Å². The number of hydrogen-bond acceptors (Lipinski definition) is 3. The number of amides is 1. The van der Waals surface area contributed by atoms with Crippen molar-refractivity contribution in [3.05, 3.63) is 64.9 Å². The number of halogens is 2. The van der Waals surface area contributed by atoms with Crippen LogP contribution in [-0.4, -0.2) is 54.7 Å². The number of aromatic nitrogens is 1. The number of para-hydroxylation sites is 1. The third kappa shape index (κ3) is 3.49. The summed E-state index contributed by atoms with van der Waals surface area (Å²) < 4.78 is 53.5. The second-order valence-electron chi connectivity index (χ2n) is 8.29. The number of piperazine rings is 1. The Kier molecular flexibility index (Phi) is 5.25. The van der Waals surface area contributed by atoms with E-state index in [9.17, 15) is 22.0 Å². The molecule has 0 unspecified atom stereocenters. The summed E-state index contributed by atoms with van der Waals surface area (Å²) in [6, 6.07) is 8.28. The number of aryl methyl sites for hydroxylation is 2. The molecule has 5 rings (SSSR count). The maximum absolute atomic E-state index is 13.5. The van der Waals surface area contributed by atoms with Crippen molar-refractivity contribution < 1.29 is 22.0 Å². The first-order valence-electron chi connectivity index (χ1n) is 10.7. The van der Waals surface area contributed by atoms with Gasteiger partial charge in [0.05, 0.1) is 16.0 Å². The number of nitrogens with one attached hydrogen (secondary N) is 1. The third-order valence-electron chi connectivity index (χ3n) is 6.42. The number of aromatic amines is 1. The van der Waals surface area contributed by atoms with Crippen LogP contribution in [0.5, 0.6) is 0 Å². The Balaban J connectivity index is 1.35. The van der Waals surface area contributed by atoms with Crippen molar-refractivity contribution in [2.24, 2.45) is 0 Å². The predicted octanol–water partition coefficient (Wildman–Crippen LogP) is 3.47. The van der Waals surface area contributed by atoms with Crippen LogP contribution in [0, 0.1) is 11.6 Å². The highest BCUT2D eigenvalue weighted by molar-refractivity contribution is 7.89. The highest BCUT2D eigenvalue weighted by Crippen LogP contribution is 2.31. The quantitative estimate of drug-likeness (QED) is 0.652. The van der Waals surface area contributed by atoms with Crippen LogP contribution in [0.4, 0.5) is 8.78 Å². The molecule has 2 heterocycles. The predicted molar refractivity (Wildman–Crippen MR) is 116 cm³/mol. The van der Waals surface area contributed by atoms with Gasteiger partial charge >= 0.3 is 0 Å². The topological polar surface area (TPSA) is 73.5 Å². The molecule has 0 bridgehead atoms. The van der Waals surface area contributed by atoms with E-state index < -0.39 is 21.7 Å². The molecule has 0 atom stereocenters. The molecule has 1 amide bonds. The Labute approximate surface area is 184 Å². The van der Waals surface area contributed by atoms with Crippen LogP contribution >= 0.6 is 0 Å². The molecule has 0 saturated carbocycles. The molecule has 1 aromatic heterocycles. The molecule has 1 fully saturated rings. The molecule has 3 aromatic rings. The second-order valence-corrected chi connectivity index (χ2v) is 10.2. The molecular weight excluding hydrogens is 436 g/mol. The van der Waals surface area contributed by atoms with Crippen molar-refractivity contribution in [3.8, 4) is 0 Å². The maximum atomic E-state index is 13.5. The Hall–Kier alpha value is -2.78. The Bertz CT molecular complexity index is 1310. The molecule has 1 aliphatic heterocycles. The van der Waals surface area contributed by atoms with Gasteiger partial charge in [-0.15, -0.1) is 0 Å². The van der Waals surface area contributed by atoms with Gasteiger partial charge in [-0.3, -0.25) is 4.79 Å². The van der Waals surface area contributed by atoms with E-state index in [1.54, 1.807) is 11.0 Å². The fourth-order valence-electron chi connectivity index (χ4n) is 4.70. The monoisotopic (exact) mass is 459 g/mol. The lowest BCUT2D eigenvalue weighted by Crippen LogP contribution is -2.50. The summed E-state index contributed by atoms with van der Waals surface area (Å²) in [4.78, 5) is 18.1. The normalized spacial score (nSPS) is 17.5. The second kappa shape index (κ2) is 7.97. The number of rotatable bonds is 3. The number of nitrogens with zero attached hydrogens (tertiary/aromatic N) is 2. The van der Waals surface area contributed by atoms with Crippen LogP contribution in [-0.2, 0) is 22.9 Å². The van der Waals surface area contributed by atoms with Crippen molar-refractivity contribution in [1.29, 1.82) is 0 Å². The van der Waals surface area contributed by atoms with Crippen LogP contribution in [0.3, 0.4) is 0 Å². The molecule has 168 valence electrons. The van der Waals surface area contributed by atoms with E-state index in [-0.39, 0.29) is 37.0 Å². The number of sulfonamides is 1. The van der Waals surface area contributed by atoms with Gasteiger partial charge < -0.3 is 9.88 Å². The molecule has 1 aliphatic carbocycles. The summed E-state index contributed by atoms with van der Waals surface area (Å²) in [5.41, 5.74) is 3.94. The molecule has 2 aliphatic rings. The van der Waals surface area contributed by atoms with E-state index in [2.05, 4.69) is 4.98 Å². The van der Waals surface area contributed by atoms with E-state index in [4.69, 9.17) is 0 Å². The van der Waals surface area contributed by atoms with E-state index in [1.807, 2.05) is 12.1 Å². The Morgan fingerprint density at radius 3 is 2.44 bits per heavy atom.